The Kier molecular flexibility index (Phi) is 3.67. The summed E-state index contributed by atoms with van der Waals surface area (Å²) in [6.07, 6.45) is 1.44. The molecule has 1 heterocycles. The van der Waals surface area contributed by atoms with Crippen LogP contribution in [0.2, 0.25) is 0 Å². The topological polar surface area (TPSA) is 58.4 Å². The molecular formula is C7H10IN3O2. The van der Waals surface area contributed by atoms with Crippen LogP contribution in [0.15, 0.2) is 10.6 Å². The second-order valence-corrected chi connectivity index (χ2v) is 3.39. The Morgan fingerprint density at radius 3 is 3.00 bits per heavy atom. The van der Waals surface area contributed by atoms with E-state index in [0.717, 1.165) is 0 Å². The highest BCUT2D eigenvalue weighted by Crippen LogP contribution is 2.05. The number of hydrogen-bond donors (Lipinski definition) is 1. The molecule has 1 aromatic rings. The molecule has 6 heteroatoms. The molecule has 0 saturated carbocycles. The monoisotopic (exact) mass is 295 g/mol. The third-order valence-corrected chi connectivity index (χ3v) is 1.77. The van der Waals surface area contributed by atoms with Gasteiger partial charge in [0.2, 0.25) is 11.7 Å². The molecule has 0 atom stereocenters. The van der Waals surface area contributed by atoms with Gasteiger partial charge in [-0.15, -0.1) is 0 Å². The van der Waals surface area contributed by atoms with Crippen LogP contribution in [-0.4, -0.2) is 29.9 Å². The van der Waals surface area contributed by atoms with E-state index < -0.39 is 0 Å². The third kappa shape index (κ3) is 2.66. The number of oxazole rings is 1. The molecule has 0 aliphatic carbocycles. The highest BCUT2D eigenvalue weighted by Gasteiger charge is 2.13. The molecule has 0 fully saturated rings. The van der Waals surface area contributed by atoms with Gasteiger partial charge in [0, 0.05) is 37.0 Å². The largest absolute Gasteiger partial charge is 0.434 e. The molecule has 0 unspecified atom stereocenters. The van der Waals surface area contributed by atoms with Crippen molar-refractivity contribution in [2.24, 2.45) is 0 Å². The Bertz CT molecular complexity index is 298. The number of aromatic nitrogens is 1. The smallest absolute Gasteiger partial charge is 0.290 e. The molecule has 0 radical (unpaired) electrons. The van der Waals surface area contributed by atoms with Gasteiger partial charge in [-0.3, -0.25) is 8.32 Å². The van der Waals surface area contributed by atoms with Crippen molar-refractivity contribution >= 4 is 28.8 Å². The maximum Gasteiger partial charge on any atom is 0.290 e. The van der Waals surface area contributed by atoms with Crippen LogP contribution in [0.4, 0.5) is 0 Å². The molecule has 13 heavy (non-hydrogen) atoms. The lowest BCUT2D eigenvalue weighted by Crippen LogP contribution is -2.20. The molecule has 1 rings (SSSR count). The molecule has 0 aromatic carbocycles. The summed E-state index contributed by atoms with van der Waals surface area (Å²) in [4.78, 5) is 16.7. The zero-order valence-corrected chi connectivity index (χ0v) is 9.53. The van der Waals surface area contributed by atoms with Gasteiger partial charge in [-0.25, -0.2) is 4.98 Å². The summed E-state index contributed by atoms with van der Waals surface area (Å²) in [5.41, 5.74) is 0. The van der Waals surface area contributed by atoms with E-state index in [0.29, 0.717) is 12.4 Å². The van der Waals surface area contributed by atoms with E-state index in [1.807, 2.05) is 22.9 Å². The normalized spacial score (nSPS) is 10.1. The molecule has 0 aliphatic rings. The van der Waals surface area contributed by atoms with Crippen molar-refractivity contribution in [3.8, 4) is 0 Å². The summed E-state index contributed by atoms with van der Waals surface area (Å²) in [7, 11) is 3.34. The predicted octanol–water partition coefficient (Wildman–Crippen LogP) is 0.816. The van der Waals surface area contributed by atoms with Crippen molar-refractivity contribution < 1.29 is 9.21 Å². The van der Waals surface area contributed by atoms with E-state index in [2.05, 4.69) is 8.51 Å². The lowest BCUT2D eigenvalue weighted by Gasteiger charge is -2.05. The predicted molar refractivity (Wildman–Crippen MR) is 55.4 cm³/mol. The molecule has 1 amide bonds. The van der Waals surface area contributed by atoms with Crippen LogP contribution in [0.25, 0.3) is 0 Å². The van der Waals surface area contributed by atoms with Gasteiger partial charge in [0.15, 0.2) is 0 Å². The molecule has 0 spiro atoms. The van der Waals surface area contributed by atoms with Crippen molar-refractivity contribution in [3.63, 3.8) is 0 Å². The van der Waals surface area contributed by atoms with Gasteiger partial charge in [0.25, 0.3) is 5.91 Å². The number of nitrogens with zero attached hydrogens (tertiary/aromatic N) is 2. The Morgan fingerprint density at radius 2 is 2.46 bits per heavy atom. The fourth-order valence-corrected chi connectivity index (χ4v) is 1.09. The average Bonchev–Trinajstić information content (AvgIpc) is 2.52. The van der Waals surface area contributed by atoms with Crippen LogP contribution >= 0.6 is 22.9 Å². The average molecular weight is 295 g/mol. The Balaban J connectivity index is 2.73. The van der Waals surface area contributed by atoms with Crippen LogP contribution in [0.1, 0.15) is 16.4 Å². The lowest BCUT2D eigenvalue weighted by molar-refractivity contribution is 0.0795. The van der Waals surface area contributed by atoms with Crippen molar-refractivity contribution in [1.29, 1.82) is 0 Å². The number of halogens is 1. The van der Waals surface area contributed by atoms with E-state index in [9.17, 15) is 4.79 Å². The first-order valence-corrected chi connectivity index (χ1v) is 4.73. The van der Waals surface area contributed by atoms with E-state index in [4.69, 9.17) is 4.42 Å². The maximum absolute atomic E-state index is 11.3. The van der Waals surface area contributed by atoms with Crippen LogP contribution in [-0.2, 0) is 6.54 Å². The van der Waals surface area contributed by atoms with Crippen molar-refractivity contribution in [3.05, 3.63) is 17.8 Å². The molecule has 0 aliphatic heterocycles. The first-order valence-electron chi connectivity index (χ1n) is 3.65. The highest BCUT2D eigenvalue weighted by molar-refractivity contribution is 14.1. The van der Waals surface area contributed by atoms with Crippen LogP contribution in [0.3, 0.4) is 0 Å². The van der Waals surface area contributed by atoms with Crippen molar-refractivity contribution in [1.82, 2.24) is 13.4 Å². The number of amides is 1. The van der Waals surface area contributed by atoms with Gasteiger partial charge in [-0.2, -0.15) is 0 Å². The number of hydrogen-bond acceptors (Lipinski definition) is 4. The third-order valence-electron chi connectivity index (χ3n) is 1.39. The first-order chi connectivity index (χ1) is 6.15. The Hall–Kier alpha value is -0.630. The van der Waals surface area contributed by atoms with E-state index in [-0.39, 0.29) is 11.7 Å². The fourth-order valence-electron chi connectivity index (χ4n) is 0.768. The van der Waals surface area contributed by atoms with Crippen molar-refractivity contribution in [2.75, 3.05) is 14.1 Å². The summed E-state index contributed by atoms with van der Waals surface area (Å²) in [5, 5.41) is 0. The van der Waals surface area contributed by atoms with E-state index >= 15 is 0 Å². The van der Waals surface area contributed by atoms with Gasteiger partial charge in [0.1, 0.15) is 0 Å². The number of carbonyl (C=O) groups is 1. The molecule has 1 N–H and O–H groups in total. The lowest BCUT2D eigenvalue weighted by atomic mass is 10.4. The van der Waals surface area contributed by atoms with Gasteiger partial charge in [0.05, 0.1) is 12.7 Å². The molecule has 5 nitrogen and oxygen atoms in total. The van der Waals surface area contributed by atoms with E-state index in [1.165, 1.54) is 11.1 Å². The molecular weight excluding hydrogens is 285 g/mol. The minimum Gasteiger partial charge on any atom is -0.434 e. The van der Waals surface area contributed by atoms with Gasteiger partial charge in [-0.05, 0) is 0 Å². The molecule has 72 valence electrons. The minimum absolute atomic E-state index is 0.174. The van der Waals surface area contributed by atoms with Gasteiger partial charge >= 0.3 is 0 Å². The fraction of sp³-hybridized carbons (Fsp3) is 0.429. The summed E-state index contributed by atoms with van der Waals surface area (Å²) < 4.78 is 8.03. The highest BCUT2D eigenvalue weighted by atomic mass is 127. The summed E-state index contributed by atoms with van der Waals surface area (Å²) in [6.45, 7) is 0.515. The molecule has 0 bridgehead atoms. The zero-order chi connectivity index (χ0) is 9.84. The molecule has 1 aromatic heterocycles. The summed E-state index contributed by atoms with van der Waals surface area (Å²) in [6, 6.07) is 0. The second-order valence-electron chi connectivity index (χ2n) is 2.63. The minimum atomic E-state index is -0.174. The van der Waals surface area contributed by atoms with Crippen molar-refractivity contribution in [2.45, 2.75) is 6.54 Å². The van der Waals surface area contributed by atoms with Crippen LogP contribution < -0.4 is 3.53 Å². The SMILES string of the molecule is CN(C)C(=O)c1cnc(CNI)o1. The maximum atomic E-state index is 11.3. The second kappa shape index (κ2) is 4.56. The summed E-state index contributed by atoms with van der Waals surface area (Å²) in [5.74, 6) is 0.610. The van der Waals surface area contributed by atoms with Gasteiger partial charge < -0.3 is 9.32 Å². The van der Waals surface area contributed by atoms with Gasteiger partial charge in [-0.1, -0.05) is 0 Å². The number of rotatable bonds is 3. The Morgan fingerprint density at radius 1 is 1.77 bits per heavy atom. The summed E-state index contributed by atoms with van der Waals surface area (Å²) >= 11 is 1.99. The number of nitrogens with one attached hydrogen (secondary N) is 1. The number of carbonyl (C=O) groups excluding carboxylic acids is 1. The molecule has 0 saturated heterocycles. The zero-order valence-electron chi connectivity index (χ0n) is 7.37. The van der Waals surface area contributed by atoms with Crippen LogP contribution in [0.5, 0.6) is 0 Å². The quantitative estimate of drug-likeness (QED) is 0.662. The standard InChI is InChI=1S/C7H10IN3O2/c1-11(2)7(12)5-3-9-6(13-5)4-10-8/h3,10H,4H2,1-2H3. The first kappa shape index (κ1) is 10.5. The Labute approximate surface area is 90.0 Å². The van der Waals surface area contributed by atoms with Crippen LogP contribution in [0, 0.1) is 0 Å². The van der Waals surface area contributed by atoms with E-state index in [1.54, 1.807) is 14.1 Å².